The van der Waals surface area contributed by atoms with Crippen LogP contribution in [0.1, 0.15) is 42.6 Å². The first kappa shape index (κ1) is 20.8. The van der Waals surface area contributed by atoms with Gasteiger partial charge in [0.25, 0.3) is 0 Å². The summed E-state index contributed by atoms with van der Waals surface area (Å²) >= 11 is 6.18. The molecule has 1 heterocycles. The van der Waals surface area contributed by atoms with E-state index in [-0.39, 0.29) is 15.5 Å². The first-order chi connectivity index (χ1) is 13.3. The standard InChI is InChI=1S/C21H24ClNO4S/c1-3-16-6-9-18(10-7-16)27-21(24)17-8-11-19(22)20(13-17)28(25,26)23-12-4-5-15(2)14-23/h6-11,13,15H,3-5,12,14H2,1-2H3/t15-/m1/s1. The molecule has 28 heavy (non-hydrogen) atoms. The van der Waals surface area contributed by atoms with Gasteiger partial charge in [-0.3, -0.25) is 0 Å². The Hall–Kier alpha value is -1.89. The van der Waals surface area contributed by atoms with Crippen molar-refractivity contribution >= 4 is 27.6 Å². The number of rotatable bonds is 5. The van der Waals surface area contributed by atoms with Crippen LogP contribution in [0.15, 0.2) is 47.4 Å². The van der Waals surface area contributed by atoms with Gasteiger partial charge in [-0.15, -0.1) is 0 Å². The molecule has 1 aliphatic heterocycles. The van der Waals surface area contributed by atoms with Crippen molar-refractivity contribution in [1.82, 2.24) is 4.31 Å². The number of nitrogens with zero attached hydrogens (tertiary/aromatic N) is 1. The zero-order valence-electron chi connectivity index (χ0n) is 16.0. The van der Waals surface area contributed by atoms with E-state index in [1.807, 2.05) is 26.0 Å². The number of carbonyl (C=O) groups excluding carboxylic acids is 1. The Kier molecular flexibility index (Phi) is 6.43. The number of benzene rings is 2. The van der Waals surface area contributed by atoms with Crippen LogP contribution in [0.4, 0.5) is 0 Å². The molecule has 2 aromatic rings. The van der Waals surface area contributed by atoms with Crippen molar-refractivity contribution in [3.63, 3.8) is 0 Å². The second-order valence-electron chi connectivity index (χ2n) is 7.14. The summed E-state index contributed by atoms with van der Waals surface area (Å²) in [6, 6.07) is 11.4. The number of hydrogen-bond acceptors (Lipinski definition) is 4. The van der Waals surface area contributed by atoms with E-state index in [1.165, 1.54) is 22.5 Å². The molecular formula is C21H24ClNO4S. The van der Waals surface area contributed by atoms with E-state index in [4.69, 9.17) is 16.3 Å². The van der Waals surface area contributed by atoms with Gasteiger partial charge in [0.15, 0.2) is 0 Å². The summed E-state index contributed by atoms with van der Waals surface area (Å²) in [5, 5.41) is 0.0991. The SMILES string of the molecule is CCc1ccc(OC(=O)c2ccc(Cl)c(S(=O)(=O)N3CCC[C@@H](C)C3)c2)cc1. The predicted octanol–water partition coefficient (Wildman–Crippen LogP) is 4.54. The Balaban J connectivity index is 1.84. The van der Waals surface area contributed by atoms with Gasteiger partial charge in [-0.25, -0.2) is 13.2 Å². The summed E-state index contributed by atoms with van der Waals surface area (Å²) in [6.07, 6.45) is 2.71. The lowest BCUT2D eigenvalue weighted by Gasteiger charge is -2.30. The van der Waals surface area contributed by atoms with Crippen molar-refractivity contribution in [1.29, 1.82) is 0 Å². The summed E-state index contributed by atoms with van der Waals surface area (Å²) in [6.45, 7) is 4.99. The zero-order valence-corrected chi connectivity index (χ0v) is 17.6. The third-order valence-corrected chi connectivity index (χ3v) is 7.29. The lowest BCUT2D eigenvalue weighted by atomic mass is 10.0. The molecule has 1 atom stereocenters. The van der Waals surface area contributed by atoms with Crippen molar-refractivity contribution in [2.45, 2.75) is 38.0 Å². The molecule has 0 radical (unpaired) electrons. The highest BCUT2D eigenvalue weighted by Crippen LogP contribution is 2.29. The topological polar surface area (TPSA) is 63.7 Å². The number of aryl methyl sites for hydroxylation is 1. The Morgan fingerprint density at radius 1 is 1.21 bits per heavy atom. The molecule has 0 N–H and O–H groups in total. The number of carbonyl (C=O) groups is 1. The predicted molar refractivity (Wildman–Crippen MR) is 109 cm³/mol. The number of hydrogen-bond donors (Lipinski definition) is 0. The van der Waals surface area contributed by atoms with Crippen LogP contribution in [0, 0.1) is 5.92 Å². The van der Waals surface area contributed by atoms with E-state index in [1.54, 1.807) is 12.1 Å². The van der Waals surface area contributed by atoms with Crippen LogP contribution in [0.5, 0.6) is 5.75 Å². The normalized spacial score (nSPS) is 18.0. The second-order valence-corrected chi connectivity index (χ2v) is 9.46. The van der Waals surface area contributed by atoms with E-state index < -0.39 is 16.0 Å². The van der Waals surface area contributed by atoms with Gasteiger partial charge in [0, 0.05) is 13.1 Å². The first-order valence-corrected chi connectivity index (χ1v) is 11.2. The van der Waals surface area contributed by atoms with E-state index in [2.05, 4.69) is 0 Å². The minimum atomic E-state index is -3.77. The lowest BCUT2D eigenvalue weighted by molar-refractivity contribution is 0.0734. The highest BCUT2D eigenvalue weighted by molar-refractivity contribution is 7.89. The smallest absolute Gasteiger partial charge is 0.343 e. The molecule has 1 fully saturated rings. The van der Waals surface area contributed by atoms with Gasteiger partial charge in [0.05, 0.1) is 10.6 Å². The molecule has 1 aliphatic rings. The maximum absolute atomic E-state index is 13.0. The van der Waals surface area contributed by atoms with Gasteiger partial charge in [-0.05, 0) is 61.1 Å². The van der Waals surface area contributed by atoms with Crippen LogP contribution in [0.2, 0.25) is 5.02 Å². The minimum absolute atomic E-state index is 0.0564. The Labute approximate surface area is 171 Å². The lowest BCUT2D eigenvalue weighted by Crippen LogP contribution is -2.39. The summed E-state index contributed by atoms with van der Waals surface area (Å²) in [7, 11) is -3.77. The second kappa shape index (κ2) is 8.64. The molecule has 5 nitrogen and oxygen atoms in total. The average Bonchev–Trinajstić information content (AvgIpc) is 2.68. The van der Waals surface area contributed by atoms with E-state index >= 15 is 0 Å². The Morgan fingerprint density at radius 2 is 1.93 bits per heavy atom. The number of sulfonamides is 1. The van der Waals surface area contributed by atoms with Crippen LogP contribution < -0.4 is 4.74 Å². The van der Waals surface area contributed by atoms with Crippen molar-refractivity contribution in [2.75, 3.05) is 13.1 Å². The fourth-order valence-electron chi connectivity index (χ4n) is 3.29. The van der Waals surface area contributed by atoms with Gasteiger partial charge in [0.2, 0.25) is 10.0 Å². The number of halogens is 1. The fourth-order valence-corrected chi connectivity index (χ4v) is 5.39. The van der Waals surface area contributed by atoms with Crippen molar-refractivity contribution in [3.05, 3.63) is 58.6 Å². The molecule has 1 saturated heterocycles. The third kappa shape index (κ3) is 4.57. The van der Waals surface area contributed by atoms with Crippen molar-refractivity contribution < 1.29 is 17.9 Å². The van der Waals surface area contributed by atoms with Crippen molar-refractivity contribution in [2.24, 2.45) is 5.92 Å². The third-order valence-electron chi connectivity index (χ3n) is 4.95. The molecule has 0 aliphatic carbocycles. The van der Waals surface area contributed by atoms with E-state index in [0.29, 0.717) is 24.8 Å². The van der Waals surface area contributed by atoms with Gasteiger partial charge < -0.3 is 4.74 Å². The first-order valence-electron chi connectivity index (χ1n) is 9.42. The molecule has 0 aromatic heterocycles. The summed E-state index contributed by atoms with van der Waals surface area (Å²) in [5.41, 5.74) is 1.28. The highest BCUT2D eigenvalue weighted by atomic mass is 35.5. The maximum atomic E-state index is 13.0. The van der Waals surface area contributed by atoms with E-state index in [0.717, 1.165) is 24.8 Å². The van der Waals surface area contributed by atoms with Crippen LogP contribution in [0.25, 0.3) is 0 Å². The average molecular weight is 422 g/mol. The van der Waals surface area contributed by atoms with Crippen molar-refractivity contribution in [3.8, 4) is 5.75 Å². The largest absolute Gasteiger partial charge is 0.423 e. The molecule has 0 saturated carbocycles. The van der Waals surface area contributed by atoms with E-state index in [9.17, 15) is 13.2 Å². The Bertz CT molecular complexity index is 957. The number of esters is 1. The molecule has 0 unspecified atom stereocenters. The molecule has 7 heteroatoms. The van der Waals surface area contributed by atoms with Gasteiger partial charge in [-0.2, -0.15) is 4.31 Å². The molecule has 0 spiro atoms. The van der Waals surface area contributed by atoms with Gasteiger partial charge >= 0.3 is 5.97 Å². The minimum Gasteiger partial charge on any atom is -0.423 e. The quantitative estimate of drug-likeness (QED) is 0.525. The number of ether oxygens (including phenoxy) is 1. The highest BCUT2D eigenvalue weighted by Gasteiger charge is 2.31. The molecule has 0 bridgehead atoms. The van der Waals surface area contributed by atoms with Crippen LogP contribution in [-0.4, -0.2) is 31.8 Å². The Morgan fingerprint density at radius 3 is 2.57 bits per heavy atom. The fraction of sp³-hybridized carbons (Fsp3) is 0.381. The zero-order chi connectivity index (χ0) is 20.3. The maximum Gasteiger partial charge on any atom is 0.343 e. The molecule has 3 rings (SSSR count). The van der Waals surface area contributed by atoms with Gasteiger partial charge in [-0.1, -0.05) is 37.6 Å². The molecule has 0 amide bonds. The monoisotopic (exact) mass is 421 g/mol. The van der Waals surface area contributed by atoms with Crippen LogP contribution >= 0.6 is 11.6 Å². The molecule has 2 aromatic carbocycles. The van der Waals surface area contributed by atoms with Crippen LogP contribution in [0.3, 0.4) is 0 Å². The summed E-state index contributed by atoms with van der Waals surface area (Å²) < 4.78 is 32.9. The molecular weight excluding hydrogens is 398 g/mol. The summed E-state index contributed by atoms with van der Waals surface area (Å²) in [5.74, 6) is 0.0809. The molecule has 150 valence electrons. The number of piperidine rings is 1. The van der Waals surface area contributed by atoms with Crippen LogP contribution in [-0.2, 0) is 16.4 Å². The summed E-state index contributed by atoms with van der Waals surface area (Å²) in [4.78, 5) is 12.5. The van der Waals surface area contributed by atoms with Gasteiger partial charge in [0.1, 0.15) is 10.6 Å².